The van der Waals surface area contributed by atoms with Gasteiger partial charge in [0.25, 0.3) is 10.0 Å². The molecular formula is C38H44BrN3O8S. The first-order valence-corrected chi connectivity index (χ1v) is 18.5. The second kappa shape index (κ2) is 18.0. The number of ether oxygens (including phenoxy) is 4. The van der Waals surface area contributed by atoms with E-state index < -0.39 is 28.5 Å². The zero-order valence-electron chi connectivity index (χ0n) is 29.6. The summed E-state index contributed by atoms with van der Waals surface area (Å²) in [5.41, 5.74) is 1.63. The lowest BCUT2D eigenvalue weighted by molar-refractivity contribution is -0.140. The minimum Gasteiger partial charge on any atom is -0.497 e. The van der Waals surface area contributed by atoms with Crippen molar-refractivity contribution in [2.45, 2.75) is 50.2 Å². The summed E-state index contributed by atoms with van der Waals surface area (Å²) in [5, 5.41) is 3.04. The number of methoxy groups -OCH3 is 4. The molecule has 11 nitrogen and oxygen atoms in total. The minimum absolute atomic E-state index is 0.0171. The quantitative estimate of drug-likeness (QED) is 0.134. The standard InChI is InChI=1S/C38H44BrN3O8S/c1-7-26(2)40-38(44)33(21-27-12-9-8-10-13-27)41(24-28-14-11-15-29(39)20-28)37(43)25-42(32-22-30(47-3)16-18-34(32)48-4)51(45,46)31-17-19-35(49-5)36(23-31)50-6/h8-20,22-23,26,33H,7,21,24-25H2,1-6H3,(H,40,44)/t26-,33+/m1/s1. The second-order valence-electron chi connectivity index (χ2n) is 11.7. The highest BCUT2D eigenvalue weighted by Crippen LogP contribution is 2.38. The van der Waals surface area contributed by atoms with Crippen LogP contribution >= 0.6 is 15.9 Å². The molecule has 272 valence electrons. The van der Waals surface area contributed by atoms with Crippen LogP contribution in [0, 0.1) is 0 Å². The van der Waals surface area contributed by atoms with E-state index in [-0.39, 0.29) is 47.0 Å². The fourth-order valence-corrected chi connectivity index (χ4v) is 7.32. The van der Waals surface area contributed by atoms with E-state index >= 15 is 0 Å². The molecule has 0 heterocycles. The number of carbonyl (C=O) groups is 2. The maximum absolute atomic E-state index is 14.9. The normalized spacial score (nSPS) is 12.3. The van der Waals surface area contributed by atoms with Gasteiger partial charge in [-0.2, -0.15) is 0 Å². The average molecular weight is 783 g/mol. The van der Waals surface area contributed by atoms with Crippen LogP contribution in [0.4, 0.5) is 5.69 Å². The smallest absolute Gasteiger partial charge is 0.265 e. The van der Waals surface area contributed by atoms with Crippen LogP contribution in [0.5, 0.6) is 23.0 Å². The summed E-state index contributed by atoms with van der Waals surface area (Å²) in [7, 11) is 1.21. The SMILES string of the molecule is CC[C@@H](C)NC(=O)[C@H](Cc1ccccc1)N(Cc1cccc(Br)c1)C(=O)CN(c1cc(OC)ccc1OC)S(=O)(=O)c1ccc(OC)c(OC)c1. The number of hydrogen-bond acceptors (Lipinski definition) is 8. The van der Waals surface area contributed by atoms with E-state index in [9.17, 15) is 18.0 Å². The number of nitrogens with zero attached hydrogens (tertiary/aromatic N) is 2. The Bertz CT molecular complexity index is 1910. The molecule has 1 N–H and O–H groups in total. The number of halogens is 1. The van der Waals surface area contributed by atoms with Crippen LogP contribution in [-0.4, -0.2) is 72.2 Å². The van der Waals surface area contributed by atoms with Crippen molar-refractivity contribution in [1.82, 2.24) is 10.2 Å². The van der Waals surface area contributed by atoms with E-state index in [1.165, 1.54) is 57.6 Å². The molecular weight excluding hydrogens is 738 g/mol. The highest BCUT2D eigenvalue weighted by molar-refractivity contribution is 9.10. The van der Waals surface area contributed by atoms with Gasteiger partial charge in [-0.05, 0) is 60.9 Å². The van der Waals surface area contributed by atoms with Gasteiger partial charge < -0.3 is 29.2 Å². The van der Waals surface area contributed by atoms with Crippen molar-refractivity contribution < 1.29 is 37.0 Å². The molecule has 2 atom stereocenters. The van der Waals surface area contributed by atoms with E-state index in [1.807, 2.05) is 68.4 Å². The monoisotopic (exact) mass is 781 g/mol. The molecule has 4 rings (SSSR count). The van der Waals surface area contributed by atoms with Crippen LogP contribution in [0.15, 0.2) is 100 Å². The topological polar surface area (TPSA) is 124 Å². The fraction of sp³-hybridized carbons (Fsp3) is 0.316. The zero-order valence-corrected chi connectivity index (χ0v) is 32.0. The van der Waals surface area contributed by atoms with Crippen molar-refractivity contribution in [2.75, 3.05) is 39.3 Å². The number of nitrogens with one attached hydrogen (secondary N) is 1. The van der Waals surface area contributed by atoms with Crippen molar-refractivity contribution >= 4 is 43.5 Å². The number of amides is 2. The van der Waals surface area contributed by atoms with E-state index in [2.05, 4.69) is 21.2 Å². The summed E-state index contributed by atoms with van der Waals surface area (Å²) in [6, 6.07) is 24.5. The highest BCUT2D eigenvalue weighted by Gasteiger charge is 2.36. The summed E-state index contributed by atoms with van der Waals surface area (Å²) in [6.45, 7) is 3.18. The molecule has 0 bridgehead atoms. The van der Waals surface area contributed by atoms with Gasteiger partial charge in [0, 0.05) is 35.6 Å². The Hall–Kier alpha value is -4.75. The second-order valence-corrected chi connectivity index (χ2v) is 14.5. The molecule has 0 aliphatic carbocycles. The van der Waals surface area contributed by atoms with Gasteiger partial charge in [0.2, 0.25) is 11.8 Å². The summed E-state index contributed by atoms with van der Waals surface area (Å²) in [5.74, 6) is 0.0554. The third-order valence-corrected chi connectivity index (χ3v) is 10.6. The van der Waals surface area contributed by atoms with Gasteiger partial charge in [0.15, 0.2) is 11.5 Å². The van der Waals surface area contributed by atoms with Gasteiger partial charge in [-0.1, -0.05) is 65.3 Å². The lowest BCUT2D eigenvalue weighted by atomic mass is 10.0. The molecule has 0 aromatic heterocycles. The van der Waals surface area contributed by atoms with Crippen molar-refractivity contribution in [3.63, 3.8) is 0 Å². The lowest BCUT2D eigenvalue weighted by Crippen LogP contribution is -2.54. The summed E-state index contributed by atoms with van der Waals surface area (Å²) < 4.78 is 52.9. The Kier molecular flexibility index (Phi) is 13.7. The predicted molar refractivity (Wildman–Crippen MR) is 200 cm³/mol. The number of hydrogen-bond donors (Lipinski definition) is 1. The summed E-state index contributed by atoms with van der Waals surface area (Å²) in [4.78, 5) is 30.3. The van der Waals surface area contributed by atoms with Gasteiger partial charge in [0.05, 0.1) is 39.0 Å². The highest BCUT2D eigenvalue weighted by atomic mass is 79.9. The van der Waals surface area contributed by atoms with Crippen LogP contribution in [0.2, 0.25) is 0 Å². The molecule has 0 spiro atoms. The molecule has 0 radical (unpaired) electrons. The van der Waals surface area contributed by atoms with E-state index in [1.54, 1.807) is 12.1 Å². The molecule has 0 aliphatic rings. The number of anilines is 1. The Morgan fingerprint density at radius 2 is 1.45 bits per heavy atom. The van der Waals surface area contributed by atoms with Crippen LogP contribution in [0.1, 0.15) is 31.4 Å². The van der Waals surface area contributed by atoms with E-state index in [0.29, 0.717) is 17.9 Å². The summed E-state index contributed by atoms with van der Waals surface area (Å²) in [6.07, 6.45) is 0.865. The number of sulfonamides is 1. The van der Waals surface area contributed by atoms with Crippen LogP contribution in [0.25, 0.3) is 0 Å². The first-order valence-electron chi connectivity index (χ1n) is 16.3. The molecule has 4 aromatic rings. The van der Waals surface area contributed by atoms with E-state index in [0.717, 1.165) is 19.9 Å². The number of rotatable bonds is 17. The average Bonchev–Trinajstić information content (AvgIpc) is 3.14. The maximum atomic E-state index is 14.9. The predicted octanol–water partition coefficient (Wildman–Crippen LogP) is 6.23. The van der Waals surface area contributed by atoms with Gasteiger partial charge in [-0.3, -0.25) is 13.9 Å². The van der Waals surface area contributed by atoms with Gasteiger partial charge in [0.1, 0.15) is 24.1 Å². The molecule has 13 heteroatoms. The molecule has 51 heavy (non-hydrogen) atoms. The first-order chi connectivity index (χ1) is 24.4. The van der Waals surface area contributed by atoms with Crippen molar-refractivity contribution in [3.05, 3.63) is 107 Å². The largest absolute Gasteiger partial charge is 0.497 e. The summed E-state index contributed by atoms with van der Waals surface area (Å²) >= 11 is 3.51. The third kappa shape index (κ3) is 9.73. The lowest BCUT2D eigenvalue weighted by Gasteiger charge is -2.34. The molecule has 2 amide bonds. The van der Waals surface area contributed by atoms with Gasteiger partial charge in [-0.25, -0.2) is 8.42 Å². The third-order valence-electron chi connectivity index (χ3n) is 8.39. The van der Waals surface area contributed by atoms with Gasteiger partial charge in [-0.15, -0.1) is 0 Å². The molecule has 4 aromatic carbocycles. The number of benzene rings is 4. The van der Waals surface area contributed by atoms with Crippen LogP contribution in [-0.2, 0) is 32.6 Å². The Morgan fingerprint density at radius 3 is 2.08 bits per heavy atom. The Labute approximate surface area is 308 Å². The molecule has 0 fully saturated rings. The minimum atomic E-state index is -4.50. The maximum Gasteiger partial charge on any atom is 0.265 e. The molecule has 0 unspecified atom stereocenters. The molecule has 0 saturated heterocycles. The fourth-order valence-electron chi connectivity index (χ4n) is 5.44. The van der Waals surface area contributed by atoms with Crippen LogP contribution < -0.4 is 28.6 Å². The van der Waals surface area contributed by atoms with Gasteiger partial charge >= 0.3 is 0 Å². The number of carbonyl (C=O) groups excluding carboxylic acids is 2. The van der Waals surface area contributed by atoms with Crippen molar-refractivity contribution in [3.8, 4) is 23.0 Å². The zero-order chi connectivity index (χ0) is 37.1. The van der Waals surface area contributed by atoms with E-state index in [4.69, 9.17) is 18.9 Å². The van der Waals surface area contributed by atoms with Crippen molar-refractivity contribution in [2.24, 2.45) is 0 Å². The first kappa shape index (κ1) is 39.0. The van der Waals surface area contributed by atoms with Crippen LogP contribution in [0.3, 0.4) is 0 Å². The Balaban J connectivity index is 1.90. The Morgan fingerprint density at radius 1 is 0.784 bits per heavy atom. The molecule has 0 saturated carbocycles. The van der Waals surface area contributed by atoms with Crippen molar-refractivity contribution in [1.29, 1.82) is 0 Å². The molecule has 0 aliphatic heterocycles.